The lowest BCUT2D eigenvalue weighted by atomic mass is 9.84. The standard InChI is InChI=1S/C16H16O5/c1-20-12-7-8-3-4-10-9(5-6-11(17)14(10)18)13(8)16(21-2)15(12)19/h5-7,17-19H,3-4H2,1-2H3. The molecule has 0 unspecified atom stereocenters. The summed E-state index contributed by atoms with van der Waals surface area (Å²) in [6.45, 7) is 0. The first-order valence-corrected chi connectivity index (χ1v) is 6.59. The first kappa shape index (κ1) is 13.4. The van der Waals surface area contributed by atoms with Gasteiger partial charge < -0.3 is 24.8 Å². The molecule has 0 aromatic heterocycles. The summed E-state index contributed by atoms with van der Waals surface area (Å²) in [4.78, 5) is 0. The van der Waals surface area contributed by atoms with E-state index in [2.05, 4.69) is 0 Å². The van der Waals surface area contributed by atoms with E-state index < -0.39 is 0 Å². The van der Waals surface area contributed by atoms with Gasteiger partial charge in [0.05, 0.1) is 14.2 Å². The van der Waals surface area contributed by atoms with Gasteiger partial charge in [0.25, 0.3) is 0 Å². The van der Waals surface area contributed by atoms with Crippen LogP contribution in [0.25, 0.3) is 11.1 Å². The van der Waals surface area contributed by atoms with Crippen molar-refractivity contribution in [3.8, 4) is 39.9 Å². The zero-order valence-electron chi connectivity index (χ0n) is 11.8. The van der Waals surface area contributed by atoms with Gasteiger partial charge in [-0.1, -0.05) is 0 Å². The zero-order valence-corrected chi connectivity index (χ0v) is 11.8. The van der Waals surface area contributed by atoms with E-state index in [1.165, 1.54) is 20.3 Å². The maximum Gasteiger partial charge on any atom is 0.201 e. The van der Waals surface area contributed by atoms with Crippen molar-refractivity contribution in [1.82, 2.24) is 0 Å². The molecule has 5 heteroatoms. The molecule has 0 saturated carbocycles. The van der Waals surface area contributed by atoms with E-state index in [0.29, 0.717) is 29.9 Å². The van der Waals surface area contributed by atoms with Crippen molar-refractivity contribution in [3.05, 3.63) is 29.3 Å². The van der Waals surface area contributed by atoms with Crippen molar-refractivity contribution in [1.29, 1.82) is 0 Å². The van der Waals surface area contributed by atoms with E-state index in [-0.39, 0.29) is 17.2 Å². The summed E-state index contributed by atoms with van der Waals surface area (Å²) in [7, 11) is 2.96. The number of methoxy groups -OCH3 is 2. The van der Waals surface area contributed by atoms with Crippen LogP contribution in [-0.2, 0) is 12.8 Å². The van der Waals surface area contributed by atoms with Crippen molar-refractivity contribution in [3.63, 3.8) is 0 Å². The summed E-state index contributed by atoms with van der Waals surface area (Å²) in [5.74, 6) is 0.344. The molecule has 0 saturated heterocycles. The molecule has 0 aliphatic heterocycles. The van der Waals surface area contributed by atoms with Gasteiger partial charge >= 0.3 is 0 Å². The van der Waals surface area contributed by atoms with Gasteiger partial charge in [0.1, 0.15) is 0 Å². The molecule has 0 atom stereocenters. The normalized spacial score (nSPS) is 12.5. The number of aryl methyl sites for hydroxylation is 1. The minimum atomic E-state index is -0.145. The molecule has 0 amide bonds. The lowest BCUT2D eigenvalue weighted by Gasteiger charge is -2.24. The molecule has 110 valence electrons. The van der Waals surface area contributed by atoms with Crippen molar-refractivity contribution in [2.75, 3.05) is 14.2 Å². The number of aromatic hydroxyl groups is 3. The third-order valence-electron chi connectivity index (χ3n) is 3.90. The Morgan fingerprint density at radius 2 is 1.71 bits per heavy atom. The Balaban J connectivity index is 2.34. The van der Waals surface area contributed by atoms with Gasteiger partial charge in [-0.15, -0.1) is 0 Å². The topological polar surface area (TPSA) is 79.2 Å². The van der Waals surface area contributed by atoms with Gasteiger partial charge in [0.15, 0.2) is 23.0 Å². The van der Waals surface area contributed by atoms with Crippen LogP contribution in [0.1, 0.15) is 11.1 Å². The number of rotatable bonds is 2. The highest BCUT2D eigenvalue weighted by molar-refractivity contribution is 5.84. The molecular weight excluding hydrogens is 272 g/mol. The summed E-state index contributed by atoms with van der Waals surface area (Å²) in [6, 6.07) is 4.93. The van der Waals surface area contributed by atoms with Crippen molar-refractivity contribution >= 4 is 0 Å². The molecule has 21 heavy (non-hydrogen) atoms. The quantitative estimate of drug-likeness (QED) is 0.740. The molecule has 3 rings (SSSR count). The van der Waals surface area contributed by atoms with Crippen LogP contribution in [0.15, 0.2) is 18.2 Å². The van der Waals surface area contributed by atoms with Crippen molar-refractivity contribution in [2.24, 2.45) is 0 Å². The Bertz CT molecular complexity index is 721. The van der Waals surface area contributed by atoms with E-state index >= 15 is 0 Å². The van der Waals surface area contributed by atoms with Gasteiger partial charge in [-0.3, -0.25) is 0 Å². The first-order chi connectivity index (χ1) is 10.1. The fourth-order valence-corrected chi connectivity index (χ4v) is 2.89. The van der Waals surface area contributed by atoms with Gasteiger partial charge in [0, 0.05) is 11.1 Å². The summed E-state index contributed by atoms with van der Waals surface area (Å²) in [5, 5.41) is 29.9. The third kappa shape index (κ3) is 1.85. The number of fused-ring (bicyclic) bond motifs is 3. The molecule has 0 heterocycles. The van der Waals surface area contributed by atoms with Gasteiger partial charge in [-0.05, 0) is 42.2 Å². The average molecular weight is 288 g/mol. The number of benzene rings is 2. The van der Waals surface area contributed by atoms with Crippen LogP contribution in [0.2, 0.25) is 0 Å². The second-order valence-electron chi connectivity index (χ2n) is 4.95. The molecule has 1 aliphatic carbocycles. The first-order valence-electron chi connectivity index (χ1n) is 6.59. The molecule has 0 spiro atoms. The van der Waals surface area contributed by atoms with Crippen molar-refractivity contribution < 1.29 is 24.8 Å². The zero-order chi connectivity index (χ0) is 15.1. The maximum atomic E-state index is 10.2. The third-order valence-corrected chi connectivity index (χ3v) is 3.90. The second-order valence-corrected chi connectivity index (χ2v) is 4.95. The lowest BCUT2D eigenvalue weighted by molar-refractivity contribution is 0.340. The number of phenols is 3. The minimum Gasteiger partial charge on any atom is -0.504 e. The highest BCUT2D eigenvalue weighted by Gasteiger charge is 2.27. The summed E-state index contributed by atoms with van der Waals surface area (Å²) < 4.78 is 10.5. The summed E-state index contributed by atoms with van der Waals surface area (Å²) >= 11 is 0. The van der Waals surface area contributed by atoms with E-state index in [0.717, 1.165) is 16.7 Å². The van der Waals surface area contributed by atoms with Gasteiger partial charge in [-0.2, -0.15) is 0 Å². The summed E-state index contributed by atoms with van der Waals surface area (Å²) in [6.07, 6.45) is 1.26. The maximum absolute atomic E-state index is 10.2. The molecular formula is C16H16O5. The van der Waals surface area contributed by atoms with Crippen LogP contribution in [0.5, 0.6) is 28.7 Å². The molecule has 0 bridgehead atoms. The highest BCUT2D eigenvalue weighted by atomic mass is 16.5. The lowest BCUT2D eigenvalue weighted by Crippen LogP contribution is -2.07. The number of hydrogen-bond acceptors (Lipinski definition) is 5. The van der Waals surface area contributed by atoms with Crippen LogP contribution >= 0.6 is 0 Å². The predicted octanol–water partition coefficient (Wildman–Crippen LogP) is 2.59. The van der Waals surface area contributed by atoms with Crippen LogP contribution in [0, 0.1) is 0 Å². The predicted molar refractivity (Wildman–Crippen MR) is 77.4 cm³/mol. The average Bonchev–Trinajstić information content (AvgIpc) is 2.50. The number of hydrogen-bond donors (Lipinski definition) is 3. The number of phenolic OH excluding ortho intramolecular Hbond substituents is 3. The smallest absolute Gasteiger partial charge is 0.201 e. The molecule has 2 aromatic rings. The van der Waals surface area contributed by atoms with Crippen LogP contribution in [-0.4, -0.2) is 29.5 Å². The van der Waals surface area contributed by atoms with Crippen LogP contribution in [0.3, 0.4) is 0 Å². The summed E-state index contributed by atoms with van der Waals surface area (Å²) in [5.41, 5.74) is 3.11. The van der Waals surface area contributed by atoms with Crippen LogP contribution < -0.4 is 9.47 Å². The Morgan fingerprint density at radius 1 is 0.952 bits per heavy atom. The molecule has 1 aliphatic rings. The second kappa shape index (κ2) is 4.77. The Morgan fingerprint density at radius 3 is 2.38 bits per heavy atom. The van der Waals surface area contributed by atoms with E-state index in [1.807, 2.05) is 0 Å². The molecule has 2 aromatic carbocycles. The van der Waals surface area contributed by atoms with Crippen LogP contribution in [0.4, 0.5) is 0 Å². The Kier molecular flexibility index (Phi) is 3.05. The number of ether oxygens (including phenoxy) is 2. The molecule has 5 nitrogen and oxygen atoms in total. The van der Waals surface area contributed by atoms with Gasteiger partial charge in [-0.25, -0.2) is 0 Å². The SMILES string of the molecule is COc1cc2c(c(OC)c1O)-c1ccc(O)c(O)c1CC2. The largest absolute Gasteiger partial charge is 0.504 e. The monoisotopic (exact) mass is 288 g/mol. The molecule has 0 radical (unpaired) electrons. The molecule has 3 N–H and O–H groups in total. The minimum absolute atomic E-state index is 0.0702. The fraction of sp³-hybridized carbons (Fsp3) is 0.250. The van der Waals surface area contributed by atoms with E-state index in [9.17, 15) is 15.3 Å². The fourth-order valence-electron chi connectivity index (χ4n) is 2.89. The van der Waals surface area contributed by atoms with Gasteiger partial charge in [0.2, 0.25) is 5.75 Å². The Hall–Kier alpha value is -2.56. The van der Waals surface area contributed by atoms with Crippen molar-refractivity contribution in [2.45, 2.75) is 12.8 Å². The van der Waals surface area contributed by atoms with E-state index in [4.69, 9.17) is 9.47 Å². The molecule has 0 fully saturated rings. The highest BCUT2D eigenvalue weighted by Crippen LogP contribution is 2.51. The van der Waals surface area contributed by atoms with E-state index in [1.54, 1.807) is 12.1 Å². The Labute approximate surface area is 122 Å².